The standard InChI is InChI=1S/C17H20N4O2/c1-18-17(22)14-9-20-16(21-10-14)8-12-2-4-13(5-3-12)15-11-19-6-7-23-15/h2-5,9-10,15,19H,6-8,11H2,1H3,(H,18,22)/t15-/m0/s1. The number of hydrogen-bond acceptors (Lipinski definition) is 5. The molecule has 1 aromatic carbocycles. The number of ether oxygens (including phenoxy) is 1. The minimum Gasteiger partial charge on any atom is -0.371 e. The van der Waals surface area contributed by atoms with Crippen molar-refractivity contribution in [1.82, 2.24) is 20.6 Å². The quantitative estimate of drug-likeness (QED) is 0.884. The van der Waals surface area contributed by atoms with Gasteiger partial charge < -0.3 is 15.4 Å². The molecule has 1 aliphatic rings. The maximum Gasteiger partial charge on any atom is 0.254 e. The molecule has 1 amide bonds. The molecule has 3 rings (SSSR count). The number of hydrogen-bond donors (Lipinski definition) is 2. The van der Waals surface area contributed by atoms with Crippen molar-refractivity contribution in [3.8, 4) is 0 Å². The molecule has 0 spiro atoms. The maximum absolute atomic E-state index is 11.5. The van der Waals surface area contributed by atoms with E-state index in [0.29, 0.717) is 17.8 Å². The van der Waals surface area contributed by atoms with Crippen molar-refractivity contribution >= 4 is 5.91 Å². The van der Waals surface area contributed by atoms with Gasteiger partial charge in [0.1, 0.15) is 5.82 Å². The highest BCUT2D eigenvalue weighted by Crippen LogP contribution is 2.19. The SMILES string of the molecule is CNC(=O)c1cnc(Cc2ccc([C@@H]3CNCCO3)cc2)nc1. The van der Waals surface area contributed by atoms with Gasteiger partial charge in [-0.2, -0.15) is 0 Å². The number of benzene rings is 1. The molecule has 120 valence electrons. The highest BCUT2D eigenvalue weighted by molar-refractivity contribution is 5.93. The monoisotopic (exact) mass is 312 g/mol. The number of nitrogens with zero attached hydrogens (tertiary/aromatic N) is 2. The zero-order valence-corrected chi connectivity index (χ0v) is 13.1. The van der Waals surface area contributed by atoms with E-state index in [1.165, 1.54) is 5.56 Å². The second-order valence-corrected chi connectivity index (χ2v) is 5.45. The van der Waals surface area contributed by atoms with E-state index >= 15 is 0 Å². The number of carbonyl (C=O) groups excluding carboxylic acids is 1. The van der Waals surface area contributed by atoms with E-state index in [1.807, 2.05) is 0 Å². The first-order valence-electron chi connectivity index (χ1n) is 7.70. The van der Waals surface area contributed by atoms with Crippen LogP contribution in [0.4, 0.5) is 0 Å². The van der Waals surface area contributed by atoms with Gasteiger partial charge in [0.05, 0.1) is 18.3 Å². The summed E-state index contributed by atoms with van der Waals surface area (Å²) in [5, 5.41) is 5.88. The highest BCUT2D eigenvalue weighted by Gasteiger charge is 2.15. The second-order valence-electron chi connectivity index (χ2n) is 5.45. The summed E-state index contributed by atoms with van der Waals surface area (Å²) >= 11 is 0. The van der Waals surface area contributed by atoms with Crippen LogP contribution in [0, 0.1) is 0 Å². The third-order valence-electron chi connectivity index (χ3n) is 3.84. The number of carbonyl (C=O) groups is 1. The number of amides is 1. The van der Waals surface area contributed by atoms with Gasteiger partial charge in [0, 0.05) is 39.0 Å². The van der Waals surface area contributed by atoms with E-state index in [9.17, 15) is 4.79 Å². The molecule has 2 heterocycles. The van der Waals surface area contributed by atoms with Crippen LogP contribution < -0.4 is 10.6 Å². The van der Waals surface area contributed by atoms with Crippen LogP contribution in [-0.2, 0) is 11.2 Å². The molecular formula is C17H20N4O2. The molecule has 1 saturated heterocycles. The predicted octanol–water partition coefficient (Wildman–Crippen LogP) is 1.09. The molecule has 6 nitrogen and oxygen atoms in total. The highest BCUT2D eigenvalue weighted by atomic mass is 16.5. The van der Waals surface area contributed by atoms with E-state index in [0.717, 1.165) is 25.3 Å². The summed E-state index contributed by atoms with van der Waals surface area (Å²) < 4.78 is 5.74. The van der Waals surface area contributed by atoms with Gasteiger partial charge in [-0.05, 0) is 11.1 Å². The summed E-state index contributed by atoms with van der Waals surface area (Å²) in [6, 6.07) is 8.32. The van der Waals surface area contributed by atoms with E-state index in [2.05, 4.69) is 44.9 Å². The first-order chi connectivity index (χ1) is 11.3. The Morgan fingerprint density at radius 1 is 1.30 bits per heavy atom. The molecule has 0 unspecified atom stereocenters. The second kappa shape index (κ2) is 7.30. The molecule has 0 saturated carbocycles. The lowest BCUT2D eigenvalue weighted by molar-refractivity contribution is 0.0277. The number of rotatable bonds is 4. The van der Waals surface area contributed by atoms with Gasteiger partial charge in [-0.3, -0.25) is 4.79 Å². The normalized spacial score (nSPS) is 17.7. The lowest BCUT2D eigenvalue weighted by Crippen LogP contribution is -2.33. The molecule has 2 N–H and O–H groups in total. The number of morpholine rings is 1. The van der Waals surface area contributed by atoms with Gasteiger partial charge in [0.2, 0.25) is 0 Å². The maximum atomic E-state index is 11.5. The number of aromatic nitrogens is 2. The van der Waals surface area contributed by atoms with Crippen molar-refractivity contribution in [2.24, 2.45) is 0 Å². The third kappa shape index (κ3) is 3.91. The van der Waals surface area contributed by atoms with Gasteiger partial charge in [-0.15, -0.1) is 0 Å². The smallest absolute Gasteiger partial charge is 0.254 e. The van der Waals surface area contributed by atoms with E-state index in [1.54, 1.807) is 19.4 Å². The van der Waals surface area contributed by atoms with E-state index in [-0.39, 0.29) is 12.0 Å². The van der Waals surface area contributed by atoms with Crippen LogP contribution in [0.2, 0.25) is 0 Å². The minimum atomic E-state index is -0.179. The molecule has 1 atom stereocenters. The summed E-state index contributed by atoms with van der Waals surface area (Å²) in [4.78, 5) is 20.0. The fraction of sp³-hybridized carbons (Fsp3) is 0.353. The Balaban J connectivity index is 1.64. The van der Waals surface area contributed by atoms with Crippen molar-refractivity contribution in [2.45, 2.75) is 12.5 Å². The van der Waals surface area contributed by atoms with Crippen molar-refractivity contribution in [2.75, 3.05) is 26.7 Å². The van der Waals surface area contributed by atoms with Crippen molar-refractivity contribution in [3.05, 3.63) is 59.2 Å². The molecule has 1 fully saturated rings. The van der Waals surface area contributed by atoms with Gasteiger partial charge in [0.25, 0.3) is 5.91 Å². The molecule has 6 heteroatoms. The Kier molecular flexibility index (Phi) is 4.95. The van der Waals surface area contributed by atoms with E-state index < -0.39 is 0 Å². The Bertz CT molecular complexity index is 649. The van der Waals surface area contributed by atoms with Crippen LogP contribution in [-0.4, -0.2) is 42.6 Å². The Morgan fingerprint density at radius 2 is 2.04 bits per heavy atom. The lowest BCUT2D eigenvalue weighted by atomic mass is 10.0. The Hall–Kier alpha value is -2.31. The van der Waals surface area contributed by atoms with Crippen molar-refractivity contribution < 1.29 is 9.53 Å². The molecular weight excluding hydrogens is 292 g/mol. The van der Waals surface area contributed by atoms with Crippen LogP contribution >= 0.6 is 0 Å². The first kappa shape index (κ1) is 15.6. The summed E-state index contributed by atoms with van der Waals surface area (Å²) in [5.74, 6) is 0.517. The third-order valence-corrected chi connectivity index (χ3v) is 3.84. The lowest BCUT2D eigenvalue weighted by Gasteiger charge is -2.24. The molecule has 1 aliphatic heterocycles. The van der Waals surface area contributed by atoms with Crippen molar-refractivity contribution in [1.29, 1.82) is 0 Å². The fourth-order valence-corrected chi connectivity index (χ4v) is 2.52. The molecule has 2 aromatic rings. The van der Waals surface area contributed by atoms with Crippen LogP contribution in [0.15, 0.2) is 36.7 Å². The van der Waals surface area contributed by atoms with Crippen LogP contribution in [0.5, 0.6) is 0 Å². The first-order valence-corrected chi connectivity index (χ1v) is 7.70. The Labute approximate surface area is 135 Å². The predicted molar refractivity (Wildman–Crippen MR) is 86.2 cm³/mol. The summed E-state index contributed by atoms with van der Waals surface area (Å²) in [6.45, 7) is 2.51. The zero-order valence-electron chi connectivity index (χ0n) is 13.1. The Morgan fingerprint density at radius 3 is 2.65 bits per heavy atom. The summed E-state index contributed by atoms with van der Waals surface area (Å²) in [6.07, 6.45) is 3.87. The van der Waals surface area contributed by atoms with Crippen molar-refractivity contribution in [3.63, 3.8) is 0 Å². The molecule has 0 aliphatic carbocycles. The average molecular weight is 312 g/mol. The summed E-state index contributed by atoms with van der Waals surface area (Å²) in [5.41, 5.74) is 2.77. The molecule has 0 radical (unpaired) electrons. The van der Waals surface area contributed by atoms with Gasteiger partial charge in [-0.25, -0.2) is 9.97 Å². The largest absolute Gasteiger partial charge is 0.371 e. The zero-order chi connectivity index (χ0) is 16.1. The number of nitrogens with one attached hydrogen (secondary N) is 2. The molecule has 1 aromatic heterocycles. The van der Waals surface area contributed by atoms with Crippen LogP contribution in [0.3, 0.4) is 0 Å². The minimum absolute atomic E-state index is 0.126. The van der Waals surface area contributed by atoms with E-state index in [4.69, 9.17) is 4.74 Å². The summed E-state index contributed by atoms with van der Waals surface area (Å²) in [7, 11) is 1.59. The average Bonchev–Trinajstić information content (AvgIpc) is 2.63. The fourth-order valence-electron chi connectivity index (χ4n) is 2.52. The molecule has 0 bridgehead atoms. The van der Waals surface area contributed by atoms with Gasteiger partial charge in [-0.1, -0.05) is 24.3 Å². The van der Waals surface area contributed by atoms with Gasteiger partial charge >= 0.3 is 0 Å². The van der Waals surface area contributed by atoms with Gasteiger partial charge in [0.15, 0.2) is 0 Å². The topological polar surface area (TPSA) is 76.1 Å². The molecule has 23 heavy (non-hydrogen) atoms. The van der Waals surface area contributed by atoms with Crippen LogP contribution in [0.1, 0.15) is 33.4 Å². The van der Waals surface area contributed by atoms with Crippen LogP contribution in [0.25, 0.3) is 0 Å².